The summed E-state index contributed by atoms with van der Waals surface area (Å²) in [7, 11) is 3.29. The van der Waals surface area contributed by atoms with Crippen LogP contribution in [0.15, 0.2) is 42.5 Å². The average Bonchev–Trinajstić information content (AvgIpc) is 3.16. The lowest BCUT2D eigenvalue weighted by molar-refractivity contribution is 0.0746. The Labute approximate surface area is 161 Å². The number of nitrogens with zero attached hydrogens (tertiary/aromatic N) is 3. The van der Waals surface area contributed by atoms with Gasteiger partial charge < -0.3 is 19.3 Å². The van der Waals surface area contributed by atoms with Crippen LogP contribution in [0.25, 0.3) is 10.2 Å². The van der Waals surface area contributed by atoms with Crippen molar-refractivity contribution in [1.82, 2.24) is 9.88 Å². The summed E-state index contributed by atoms with van der Waals surface area (Å²) in [6, 6.07) is 13.2. The fourth-order valence-corrected chi connectivity index (χ4v) is 4.22. The number of aromatic nitrogens is 1. The van der Waals surface area contributed by atoms with E-state index in [1.54, 1.807) is 25.6 Å². The lowest BCUT2D eigenvalue weighted by atomic mass is 10.1. The fourth-order valence-electron chi connectivity index (χ4n) is 3.17. The molecule has 6 nitrogen and oxygen atoms in total. The van der Waals surface area contributed by atoms with Crippen LogP contribution in [0.5, 0.6) is 11.5 Å². The Bertz CT molecular complexity index is 947. The molecule has 1 aliphatic heterocycles. The number of hydrogen-bond donors (Lipinski definition) is 0. The van der Waals surface area contributed by atoms with Crippen LogP contribution in [0.3, 0.4) is 0 Å². The molecule has 1 amide bonds. The molecule has 1 saturated heterocycles. The Morgan fingerprint density at radius 3 is 2.30 bits per heavy atom. The first kappa shape index (κ1) is 17.6. The van der Waals surface area contributed by atoms with Gasteiger partial charge in [-0.2, -0.15) is 0 Å². The van der Waals surface area contributed by atoms with E-state index in [-0.39, 0.29) is 5.91 Å². The molecule has 0 bridgehead atoms. The molecule has 2 aromatic carbocycles. The quantitative estimate of drug-likeness (QED) is 0.692. The van der Waals surface area contributed by atoms with E-state index in [0.717, 1.165) is 39.9 Å². The molecule has 1 aromatic heterocycles. The van der Waals surface area contributed by atoms with Gasteiger partial charge in [-0.1, -0.05) is 11.3 Å². The summed E-state index contributed by atoms with van der Waals surface area (Å²) < 4.78 is 11.6. The standard InChI is InChI=1S/C20H21N3O3S/c1-25-15-5-3-14(4-6-15)19(24)22-9-11-23(12-10-22)20-21-17-8-7-16(26-2)13-18(17)27-20/h3-8,13H,9-12H2,1-2H3. The summed E-state index contributed by atoms with van der Waals surface area (Å²) in [5, 5.41) is 0.995. The number of carbonyl (C=O) groups excluding carboxylic acids is 1. The SMILES string of the molecule is COc1ccc(C(=O)N2CCN(c3nc4ccc(OC)cc4s3)CC2)cc1. The van der Waals surface area contributed by atoms with Crippen molar-refractivity contribution in [3.63, 3.8) is 0 Å². The number of piperazine rings is 1. The maximum absolute atomic E-state index is 12.7. The third kappa shape index (κ3) is 3.55. The predicted molar refractivity (Wildman–Crippen MR) is 107 cm³/mol. The van der Waals surface area contributed by atoms with Crippen molar-refractivity contribution in [3.8, 4) is 11.5 Å². The van der Waals surface area contributed by atoms with Gasteiger partial charge in [-0.25, -0.2) is 4.98 Å². The summed E-state index contributed by atoms with van der Waals surface area (Å²) >= 11 is 1.66. The number of fused-ring (bicyclic) bond motifs is 1. The maximum atomic E-state index is 12.7. The molecule has 140 valence electrons. The normalized spacial score (nSPS) is 14.4. The lowest BCUT2D eigenvalue weighted by Gasteiger charge is -2.34. The molecular formula is C20H21N3O3S. The van der Waals surface area contributed by atoms with Gasteiger partial charge in [0.1, 0.15) is 11.5 Å². The second-order valence-electron chi connectivity index (χ2n) is 6.34. The van der Waals surface area contributed by atoms with E-state index in [0.29, 0.717) is 18.7 Å². The average molecular weight is 383 g/mol. The molecule has 2 heterocycles. The minimum Gasteiger partial charge on any atom is -0.497 e. The maximum Gasteiger partial charge on any atom is 0.253 e. The number of benzene rings is 2. The first-order chi connectivity index (χ1) is 13.2. The molecule has 0 saturated carbocycles. The molecule has 0 aliphatic carbocycles. The van der Waals surface area contributed by atoms with Crippen molar-refractivity contribution in [2.75, 3.05) is 45.3 Å². The minimum atomic E-state index is 0.0614. The first-order valence-corrected chi connectivity index (χ1v) is 9.62. The molecule has 1 aliphatic rings. The molecule has 0 spiro atoms. The van der Waals surface area contributed by atoms with Crippen LogP contribution in [0, 0.1) is 0 Å². The number of amides is 1. The third-order valence-electron chi connectivity index (χ3n) is 4.76. The van der Waals surface area contributed by atoms with Gasteiger partial charge in [0, 0.05) is 31.7 Å². The number of hydrogen-bond acceptors (Lipinski definition) is 6. The van der Waals surface area contributed by atoms with Gasteiger partial charge in [0.2, 0.25) is 0 Å². The number of thiazole rings is 1. The van der Waals surface area contributed by atoms with Gasteiger partial charge in [0.15, 0.2) is 5.13 Å². The van der Waals surface area contributed by atoms with Gasteiger partial charge >= 0.3 is 0 Å². The molecule has 3 aromatic rings. The van der Waals surface area contributed by atoms with Crippen molar-refractivity contribution >= 4 is 32.6 Å². The van der Waals surface area contributed by atoms with Crippen LogP contribution >= 0.6 is 11.3 Å². The summed E-state index contributed by atoms with van der Waals surface area (Å²) in [5.41, 5.74) is 1.67. The molecule has 0 unspecified atom stereocenters. The second-order valence-corrected chi connectivity index (χ2v) is 7.35. The van der Waals surface area contributed by atoms with Crippen LogP contribution < -0.4 is 14.4 Å². The highest BCUT2D eigenvalue weighted by molar-refractivity contribution is 7.22. The molecule has 4 rings (SSSR count). The van der Waals surface area contributed by atoms with Gasteiger partial charge in [0.05, 0.1) is 24.4 Å². The first-order valence-electron chi connectivity index (χ1n) is 8.81. The zero-order valence-corrected chi connectivity index (χ0v) is 16.2. The smallest absolute Gasteiger partial charge is 0.253 e. The predicted octanol–water partition coefficient (Wildman–Crippen LogP) is 3.28. The second kappa shape index (κ2) is 7.44. The van der Waals surface area contributed by atoms with E-state index in [9.17, 15) is 4.79 Å². The topological polar surface area (TPSA) is 54.9 Å². The Balaban J connectivity index is 1.43. The van der Waals surface area contributed by atoms with E-state index < -0.39 is 0 Å². The number of rotatable bonds is 4. The Kier molecular flexibility index (Phi) is 4.85. The highest BCUT2D eigenvalue weighted by Crippen LogP contribution is 2.32. The van der Waals surface area contributed by atoms with Crippen LogP contribution in [-0.2, 0) is 0 Å². The molecule has 0 atom stereocenters. The Hall–Kier alpha value is -2.80. The van der Waals surface area contributed by atoms with E-state index in [2.05, 4.69) is 4.90 Å². The number of carbonyl (C=O) groups is 1. The molecule has 27 heavy (non-hydrogen) atoms. The van der Waals surface area contributed by atoms with Crippen molar-refractivity contribution in [2.45, 2.75) is 0 Å². The van der Waals surface area contributed by atoms with Crippen molar-refractivity contribution in [1.29, 1.82) is 0 Å². The summed E-state index contributed by atoms with van der Waals surface area (Å²) in [4.78, 5) is 21.6. The highest BCUT2D eigenvalue weighted by Gasteiger charge is 2.24. The van der Waals surface area contributed by atoms with E-state index in [1.165, 1.54) is 0 Å². The zero-order chi connectivity index (χ0) is 18.8. The van der Waals surface area contributed by atoms with E-state index in [1.807, 2.05) is 47.4 Å². The van der Waals surface area contributed by atoms with Crippen molar-refractivity contribution in [2.24, 2.45) is 0 Å². The molecule has 7 heteroatoms. The zero-order valence-electron chi connectivity index (χ0n) is 15.3. The molecule has 1 fully saturated rings. The number of methoxy groups -OCH3 is 2. The van der Waals surface area contributed by atoms with Crippen LogP contribution in [0.2, 0.25) is 0 Å². The molecular weight excluding hydrogens is 362 g/mol. The van der Waals surface area contributed by atoms with Gasteiger partial charge in [-0.05, 0) is 42.5 Å². The van der Waals surface area contributed by atoms with Crippen LogP contribution in [-0.4, -0.2) is 56.2 Å². The fraction of sp³-hybridized carbons (Fsp3) is 0.300. The van der Waals surface area contributed by atoms with Gasteiger partial charge in [0.25, 0.3) is 5.91 Å². The minimum absolute atomic E-state index is 0.0614. The summed E-state index contributed by atoms with van der Waals surface area (Å²) in [6.45, 7) is 2.92. The van der Waals surface area contributed by atoms with Crippen LogP contribution in [0.4, 0.5) is 5.13 Å². The largest absolute Gasteiger partial charge is 0.497 e. The Morgan fingerprint density at radius 2 is 1.63 bits per heavy atom. The van der Waals surface area contributed by atoms with Crippen molar-refractivity contribution in [3.05, 3.63) is 48.0 Å². The van der Waals surface area contributed by atoms with Gasteiger partial charge in [-0.15, -0.1) is 0 Å². The molecule has 0 radical (unpaired) electrons. The highest BCUT2D eigenvalue weighted by atomic mass is 32.1. The Morgan fingerprint density at radius 1 is 0.963 bits per heavy atom. The number of ether oxygens (including phenoxy) is 2. The monoisotopic (exact) mass is 383 g/mol. The van der Waals surface area contributed by atoms with Crippen molar-refractivity contribution < 1.29 is 14.3 Å². The third-order valence-corrected chi connectivity index (χ3v) is 5.84. The van der Waals surface area contributed by atoms with E-state index >= 15 is 0 Å². The lowest BCUT2D eigenvalue weighted by Crippen LogP contribution is -2.48. The van der Waals surface area contributed by atoms with Gasteiger partial charge in [-0.3, -0.25) is 4.79 Å². The summed E-state index contributed by atoms with van der Waals surface area (Å²) in [5.74, 6) is 1.66. The van der Waals surface area contributed by atoms with E-state index in [4.69, 9.17) is 14.5 Å². The number of anilines is 1. The van der Waals surface area contributed by atoms with Crippen LogP contribution in [0.1, 0.15) is 10.4 Å². The summed E-state index contributed by atoms with van der Waals surface area (Å²) in [6.07, 6.45) is 0. The molecule has 0 N–H and O–H groups in total.